The van der Waals surface area contributed by atoms with Crippen molar-refractivity contribution in [1.82, 2.24) is 0 Å². The normalized spacial score (nSPS) is 23.7. The average molecular weight is 777 g/mol. The first kappa shape index (κ1) is 36.7. The van der Waals surface area contributed by atoms with E-state index in [2.05, 4.69) is 204 Å². The zero-order valence-corrected chi connectivity index (χ0v) is 34.3. The van der Waals surface area contributed by atoms with Crippen molar-refractivity contribution in [3.8, 4) is 0 Å². The fraction of sp³-hybridized carbons (Fsp3) is 0.207. The van der Waals surface area contributed by atoms with Crippen molar-refractivity contribution in [2.24, 2.45) is 17.8 Å². The number of allylic oxidation sites excluding steroid dienone is 21. The fourth-order valence-electron chi connectivity index (χ4n) is 10.9. The lowest BCUT2D eigenvalue weighted by atomic mass is 9.71. The molecule has 2 nitrogen and oxygen atoms in total. The molecule has 0 saturated carbocycles. The van der Waals surface area contributed by atoms with Crippen LogP contribution in [0.25, 0.3) is 5.57 Å². The van der Waals surface area contributed by atoms with Crippen molar-refractivity contribution in [2.75, 3.05) is 9.80 Å². The third-order valence-corrected chi connectivity index (χ3v) is 13.8. The van der Waals surface area contributed by atoms with Gasteiger partial charge in [-0.1, -0.05) is 151 Å². The molecule has 0 amide bonds. The highest BCUT2D eigenvalue weighted by Gasteiger charge is 2.35. The van der Waals surface area contributed by atoms with E-state index in [0.717, 1.165) is 32.1 Å². The van der Waals surface area contributed by atoms with Crippen LogP contribution in [0.15, 0.2) is 234 Å². The van der Waals surface area contributed by atoms with Crippen LogP contribution in [0.3, 0.4) is 0 Å². The molecule has 0 radical (unpaired) electrons. The lowest BCUT2D eigenvalue weighted by molar-refractivity contribution is 0.533. The number of rotatable bonds is 8. The quantitative estimate of drug-likeness (QED) is 0.176. The molecule has 0 saturated heterocycles. The monoisotopic (exact) mass is 776 g/mol. The molecule has 60 heavy (non-hydrogen) atoms. The summed E-state index contributed by atoms with van der Waals surface area (Å²) in [5, 5.41) is 0. The Morgan fingerprint density at radius 1 is 0.533 bits per heavy atom. The van der Waals surface area contributed by atoms with Gasteiger partial charge >= 0.3 is 0 Å². The Morgan fingerprint density at radius 2 is 1.23 bits per heavy atom. The molecule has 0 spiro atoms. The zero-order chi connectivity index (χ0) is 39.8. The van der Waals surface area contributed by atoms with E-state index in [1.807, 2.05) is 0 Å². The summed E-state index contributed by atoms with van der Waals surface area (Å²) >= 11 is 0. The molecule has 0 fully saturated rings. The van der Waals surface area contributed by atoms with Crippen LogP contribution >= 0.6 is 0 Å². The minimum absolute atomic E-state index is 0.349. The molecule has 4 aromatic rings. The molecule has 7 aliphatic rings. The van der Waals surface area contributed by atoms with Gasteiger partial charge in [0.15, 0.2) is 0 Å². The van der Waals surface area contributed by atoms with E-state index in [9.17, 15) is 0 Å². The fourth-order valence-corrected chi connectivity index (χ4v) is 10.9. The van der Waals surface area contributed by atoms with Crippen LogP contribution in [0.2, 0.25) is 0 Å². The Kier molecular flexibility index (Phi) is 9.78. The molecule has 4 atom stereocenters. The van der Waals surface area contributed by atoms with E-state index < -0.39 is 0 Å². The summed E-state index contributed by atoms with van der Waals surface area (Å²) in [5.74, 6) is 1.67. The summed E-state index contributed by atoms with van der Waals surface area (Å²) in [7, 11) is 0. The van der Waals surface area contributed by atoms with Gasteiger partial charge in [-0.05, 0) is 139 Å². The first-order valence-corrected chi connectivity index (χ1v) is 22.3. The average Bonchev–Trinajstić information content (AvgIpc) is 3.33. The Balaban J connectivity index is 0.850. The second-order valence-electron chi connectivity index (χ2n) is 17.3. The lowest BCUT2D eigenvalue weighted by Crippen LogP contribution is -2.28. The third kappa shape index (κ3) is 6.79. The number of hydrogen-bond acceptors (Lipinski definition) is 2. The van der Waals surface area contributed by atoms with Gasteiger partial charge in [-0.2, -0.15) is 0 Å². The molecule has 0 aliphatic heterocycles. The number of anilines is 4. The SMILES string of the molecule is C1=CC2=C3C=CCCC3=C(N(c3ccccc3)c3ccc(C4=CCC(c5ccc(N(C6=CC7C=CC=CC7C7=C6CCCC7)c6ccccc6)cc5)C=C4)cc3)CC2C=C1. The lowest BCUT2D eigenvalue weighted by Gasteiger charge is -2.40. The van der Waals surface area contributed by atoms with Crippen LogP contribution in [0.1, 0.15) is 68.4 Å². The standard InChI is InChI=1S/C58H52N2/c1-3-17-47(18-4-1)59(57-39-45-15-7-9-21-51(45)53-23-11-13-25-55(53)57)49-35-31-43(32-36-49)41-27-29-42(30-28-41)44-33-37-50(38-34-44)60(48-19-5-2-6-20-48)58-40-46-16-8-10-22-52(46)54-24-12-14-26-56(54)58/h1-11,15-23,27-29,31-38,40,42,45-46,52H,12-14,24-26,30,39H2. The van der Waals surface area contributed by atoms with Gasteiger partial charge < -0.3 is 9.80 Å². The molecular weight excluding hydrogens is 725 g/mol. The minimum atomic E-state index is 0.349. The Morgan fingerprint density at radius 3 is 2.02 bits per heavy atom. The summed E-state index contributed by atoms with van der Waals surface area (Å²) in [6.45, 7) is 0. The van der Waals surface area contributed by atoms with Crippen molar-refractivity contribution in [3.63, 3.8) is 0 Å². The molecular formula is C58H52N2. The van der Waals surface area contributed by atoms with Crippen molar-refractivity contribution in [1.29, 1.82) is 0 Å². The molecule has 0 bridgehead atoms. The first-order valence-electron chi connectivity index (χ1n) is 22.3. The highest BCUT2D eigenvalue weighted by atomic mass is 15.2. The van der Waals surface area contributed by atoms with Crippen molar-refractivity contribution < 1.29 is 0 Å². The zero-order valence-electron chi connectivity index (χ0n) is 34.3. The van der Waals surface area contributed by atoms with Gasteiger partial charge in [0, 0.05) is 57.8 Å². The maximum absolute atomic E-state index is 2.55. The van der Waals surface area contributed by atoms with Gasteiger partial charge in [-0.15, -0.1) is 0 Å². The van der Waals surface area contributed by atoms with Crippen LogP contribution in [0.4, 0.5) is 22.7 Å². The molecule has 11 rings (SSSR count). The molecule has 2 heteroatoms. The Labute approximate surface area is 356 Å². The van der Waals surface area contributed by atoms with E-state index in [-0.39, 0.29) is 0 Å². The van der Waals surface area contributed by atoms with Crippen LogP contribution < -0.4 is 9.80 Å². The van der Waals surface area contributed by atoms with Gasteiger partial charge in [0.25, 0.3) is 0 Å². The van der Waals surface area contributed by atoms with Gasteiger partial charge in [-0.3, -0.25) is 0 Å². The summed E-state index contributed by atoms with van der Waals surface area (Å²) in [4.78, 5) is 5.06. The molecule has 0 N–H and O–H groups in total. The summed E-state index contributed by atoms with van der Waals surface area (Å²) in [5.41, 5.74) is 19.2. The second-order valence-corrected chi connectivity index (χ2v) is 17.3. The topological polar surface area (TPSA) is 6.48 Å². The van der Waals surface area contributed by atoms with Gasteiger partial charge in [0.05, 0.1) is 0 Å². The maximum Gasteiger partial charge on any atom is 0.0461 e. The van der Waals surface area contributed by atoms with Crippen LogP contribution in [0.5, 0.6) is 0 Å². The molecule has 0 aromatic heterocycles. The minimum Gasteiger partial charge on any atom is -0.314 e. The number of hydrogen-bond donors (Lipinski definition) is 0. The molecule has 4 unspecified atom stereocenters. The van der Waals surface area contributed by atoms with Crippen molar-refractivity contribution >= 4 is 28.3 Å². The highest BCUT2D eigenvalue weighted by molar-refractivity contribution is 5.79. The van der Waals surface area contributed by atoms with Gasteiger partial charge in [0.2, 0.25) is 0 Å². The first-order chi connectivity index (χ1) is 29.8. The maximum atomic E-state index is 2.55. The summed E-state index contributed by atoms with van der Waals surface area (Å²) < 4.78 is 0. The highest BCUT2D eigenvalue weighted by Crippen LogP contribution is 2.49. The van der Waals surface area contributed by atoms with Gasteiger partial charge in [0.1, 0.15) is 0 Å². The third-order valence-electron chi connectivity index (χ3n) is 13.8. The van der Waals surface area contributed by atoms with Crippen molar-refractivity contribution in [2.45, 2.75) is 57.3 Å². The second kappa shape index (κ2) is 16.0. The summed E-state index contributed by atoms with van der Waals surface area (Å²) in [6.07, 6.45) is 42.0. The number of fused-ring (bicyclic) bond motifs is 4. The number of para-hydroxylation sites is 2. The van der Waals surface area contributed by atoms with Crippen LogP contribution in [-0.4, -0.2) is 0 Å². The van der Waals surface area contributed by atoms with E-state index in [0.29, 0.717) is 23.7 Å². The molecule has 0 heterocycles. The van der Waals surface area contributed by atoms with Crippen LogP contribution in [-0.2, 0) is 0 Å². The number of benzene rings is 4. The largest absolute Gasteiger partial charge is 0.314 e. The summed E-state index contributed by atoms with van der Waals surface area (Å²) in [6, 6.07) is 40.7. The Bertz CT molecular complexity index is 2630. The molecule has 7 aliphatic carbocycles. The molecule has 294 valence electrons. The molecule has 4 aromatic carbocycles. The van der Waals surface area contributed by atoms with Crippen molar-refractivity contribution in [3.05, 3.63) is 245 Å². The predicted molar refractivity (Wildman–Crippen MR) is 252 cm³/mol. The van der Waals surface area contributed by atoms with Gasteiger partial charge in [-0.25, -0.2) is 0 Å². The number of nitrogens with zero attached hydrogens (tertiary/aromatic N) is 2. The predicted octanol–water partition coefficient (Wildman–Crippen LogP) is 15.3. The van der Waals surface area contributed by atoms with Crippen LogP contribution in [0, 0.1) is 17.8 Å². The Hall–Kier alpha value is -6.38. The van der Waals surface area contributed by atoms with E-state index in [1.165, 1.54) is 86.8 Å². The smallest absolute Gasteiger partial charge is 0.0461 e. The van der Waals surface area contributed by atoms with E-state index in [1.54, 1.807) is 11.1 Å². The van der Waals surface area contributed by atoms with E-state index >= 15 is 0 Å². The van der Waals surface area contributed by atoms with E-state index in [4.69, 9.17) is 0 Å².